The summed E-state index contributed by atoms with van der Waals surface area (Å²) in [7, 11) is 1.58. The van der Waals surface area contributed by atoms with Crippen molar-refractivity contribution in [3.8, 4) is 22.9 Å². The predicted molar refractivity (Wildman–Crippen MR) is 94.7 cm³/mol. The molecule has 1 N–H and O–H groups in total. The summed E-state index contributed by atoms with van der Waals surface area (Å²) in [6.45, 7) is 0.457. The topological polar surface area (TPSA) is 86.5 Å². The molecule has 3 aromatic rings. The van der Waals surface area contributed by atoms with Gasteiger partial charge >= 0.3 is 0 Å². The Labute approximate surface area is 150 Å². The summed E-state index contributed by atoms with van der Waals surface area (Å²) in [6, 6.07) is 16.7. The predicted octanol–water partition coefficient (Wildman–Crippen LogP) is 2.83. The van der Waals surface area contributed by atoms with Crippen LogP contribution in [0.1, 0.15) is 12.3 Å². The maximum atomic E-state index is 11.9. The fourth-order valence-corrected chi connectivity index (χ4v) is 2.31. The van der Waals surface area contributed by atoms with E-state index in [0.29, 0.717) is 24.1 Å². The molecule has 2 aromatic carbocycles. The summed E-state index contributed by atoms with van der Waals surface area (Å²) in [4.78, 5) is 16.2. The lowest BCUT2D eigenvalue weighted by molar-refractivity contribution is -0.121. The van der Waals surface area contributed by atoms with Crippen LogP contribution < -0.4 is 14.8 Å². The van der Waals surface area contributed by atoms with Crippen molar-refractivity contribution in [1.29, 1.82) is 0 Å². The Morgan fingerprint density at radius 2 is 1.88 bits per heavy atom. The fraction of sp³-hybridized carbons (Fsp3) is 0.211. The summed E-state index contributed by atoms with van der Waals surface area (Å²) in [5, 5.41) is 6.66. The van der Waals surface area contributed by atoms with Gasteiger partial charge in [0.05, 0.1) is 32.2 Å². The van der Waals surface area contributed by atoms with Gasteiger partial charge in [-0.2, -0.15) is 4.98 Å². The van der Waals surface area contributed by atoms with Gasteiger partial charge in [0.15, 0.2) is 0 Å². The van der Waals surface area contributed by atoms with Gasteiger partial charge in [0.1, 0.15) is 11.5 Å². The number of benzene rings is 2. The number of carbonyl (C=O) groups excluding carboxylic acids is 1. The van der Waals surface area contributed by atoms with E-state index in [1.54, 1.807) is 7.11 Å². The summed E-state index contributed by atoms with van der Waals surface area (Å²) in [5.41, 5.74) is 0.729. The second-order valence-corrected chi connectivity index (χ2v) is 5.40. The number of para-hydroxylation sites is 2. The first-order valence-electron chi connectivity index (χ1n) is 8.17. The largest absolute Gasteiger partial charge is 0.496 e. The lowest BCUT2D eigenvalue weighted by Crippen LogP contribution is -2.24. The molecule has 7 nitrogen and oxygen atoms in total. The second kappa shape index (κ2) is 8.66. The molecule has 0 aliphatic rings. The highest BCUT2D eigenvalue weighted by Crippen LogP contribution is 2.26. The third kappa shape index (κ3) is 4.60. The van der Waals surface area contributed by atoms with Crippen LogP contribution in [0.2, 0.25) is 0 Å². The van der Waals surface area contributed by atoms with E-state index >= 15 is 0 Å². The monoisotopic (exact) mass is 353 g/mol. The van der Waals surface area contributed by atoms with E-state index in [0.717, 1.165) is 11.3 Å². The molecule has 0 spiro atoms. The Kier molecular flexibility index (Phi) is 5.82. The molecule has 1 heterocycles. The summed E-state index contributed by atoms with van der Waals surface area (Å²) in [5.74, 6) is 1.97. The van der Waals surface area contributed by atoms with E-state index in [-0.39, 0.29) is 18.9 Å². The van der Waals surface area contributed by atoms with Crippen LogP contribution in [0.4, 0.5) is 0 Å². The van der Waals surface area contributed by atoms with Crippen molar-refractivity contribution in [2.75, 3.05) is 13.7 Å². The smallest absolute Gasteiger partial charge is 0.246 e. The fourth-order valence-electron chi connectivity index (χ4n) is 2.31. The number of carbonyl (C=O) groups is 1. The van der Waals surface area contributed by atoms with Gasteiger partial charge in [-0.1, -0.05) is 35.5 Å². The van der Waals surface area contributed by atoms with Crippen LogP contribution >= 0.6 is 0 Å². The highest BCUT2D eigenvalue weighted by Gasteiger charge is 2.13. The van der Waals surface area contributed by atoms with Crippen molar-refractivity contribution in [3.05, 3.63) is 60.5 Å². The SMILES string of the molecule is COc1ccccc1-c1noc(CNC(=O)CCOc2ccccc2)n1. The van der Waals surface area contributed by atoms with E-state index in [1.165, 1.54) is 0 Å². The summed E-state index contributed by atoms with van der Waals surface area (Å²) in [6.07, 6.45) is 0.238. The number of amides is 1. The Bertz CT molecular complexity index is 849. The highest BCUT2D eigenvalue weighted by atomic mass is 16.5. The number of rotatable bonds is 8. The van der Waals surface area contributed by atoms with Gasteiger partial charge in [0.25, 0.3) is 0 Å². The van der Waals surface area contributed by atoms with Crippen LogP contribution in [0.3, 0.4) is 0 Å². The molecule has 0 bridgehead atoms. The molecule has 0 radical (unpaired) electrons. The molecule has 7 heteroatoms. The van der Waals surface area contributed by atoms with Crippen molar-refractivity contribution in [1.82, 2.24) is 15.5 Å². The summed E-state index contributed by atoms with van der Waals surface area (Å²) >= 11 is 0. The molecular formula is C19H19N3O4. The van der Waals surface area contributed by atoms with Crippen molar-refractivity contribution < 1.29 is 18.8 Å². The van der Waals surface area contributed by atoms with E-state index in [1.807, 2.05) is 54.6 Å². The van der Waals surface area contributed by atoms with Crippen LogP contribution in [0, 0.1) is 0 Å². The number of nitrogens with one attached hydrogen (secondary N) is 1. The minimum absolute atomic E-state index is 0.155. The molecule has 0 saturated heterocycles. The third-order valence-electron chi connectivity index (χ3n) is 3.59. The zero-order valence-corrected chi connectivity index (χ0v) is 14.3. The average Bonchev–Trinajstić information content (AvgIpc) is 3.16. The molecule has 3 rings (SSSR count). The lowest BCUT2D eigenvalue weighted by atomic mass is 10.2. The molecular weight excluding hydrogens is 334 g/mol. The van der Waals surface area contributed by atoms with Crippen molar-refractivity contribution >= 4 is 5.91 Å². The molecule has 134 valence electrons. The number of methoxy groups -OCH3 is 1. The van der Waals surface area contributed by atoms with Crippen molar-refractivity contribution in [2.24, 2.45) is 0 Å². The zero-order valence-electron chi connectivity index (χ0n) is 14.3. The quantitative estimate of drug-likeness (QED) is 0.670. The van der Waals surface area contributed by atoms with Gasteiger partial charge in [0, 0.05) is 0 Å². The zero-order chi connectivity index (χ0) is 18.2. The minimum atomic E-state index is -0.155. The van der Waals surface area contributed by atoms with Crippen LogP contribution in [-0.4, -0.2) is 29.8 Å². The Morgan fingerprint density at radius 1 is 1.12 bits per heavy atom. The maximum Gasteiger partial charge on any atom is 0.246 e. The second-order valence-electron chi connectivity index (χ2n) is 5.40. The van der Waals surface area contributed by atoms with Crippen LogP contribution in [0.25, 0.3) is 11.4 Å². The molecule has 0 atom stereocenters. The average molecular weight is 353 g/mol. The molecule has 1 amide bonds. The first kappa shape index (κ1) is 17.5. The first-order chi connectivity index (χ1) is 12.8. The van der Waals surface area contributed by atoms with Crippen molar-refractivity contribution in [3.63, 3.8) is 0 Å². The van der Waals surface area contributed by atoms with Gasteiger partial charge < -0.3 is 19.3 Å². The molecule has 0 fully saturated rings. The number of hydrogen-bond acceptors (Lipinski definition) is 6. The van der Waals surface area contributed by atoms with Gasteiger partial charge in [-0.3, -0.25) is 4.79 Å². The molecule has 0 unspecified atom stereocenters. The number of ether oxygens (including phenoxy) is 2. The minimum Gasteiger partial charge on any atom is -0.496 e. The highest BCUT2D eigenvalue weighted by molar-refractivity contribution is 5.75. The third-order valence-corrected chi connectivity index (χ3v) is 3.59. The number of nitrogens with zero attached hydrogens (tertiary/aromatic N) is 2. The molecule has 0 saturated carbocycles. The maximum absolute atomic E-state index is 11.9. The molecule has 1 aromatic heterocycles. The lowest BCUT2D eigenvalue weighted by Gasteiger charge is -2.05. The Morgan fingerprint density at radius 3 is 2.69 bits per heavy atom. The van der Waals surface area contributed by atoms with Gasteiger partial charge in [0.2, 0.25) is 17.6 Å². The number of hydrogen-bond donors (Lipinski definition) is 1. The van der Waals surface area contributed by atoms with Crippen LogP contribution in [-0.2, 0) is 11.3 Å². The number of aromatic nitrogens is 2. The van der Waals surface area contributed by atoms with Gasteiger partial charge in [-0.15, -0.1) is 0 Å². The summed E-state index contributed by atoms with van der Waals surface area (Å²) < 4.78 is 16.0. The molecule has 26 heavy (non-hydrogen) atoms. The van der Waals surface area contributed by atoms with E-state index in [2.05, 4.69) is 15.5 Å². The normalized spacial score (nSPS) is 10.3. The van der Waals surface area contributed by atoms with Gasteiger partial charge in [-0.25, -0.2) is 0 Å². The van der Waals surface area contributed by atoms with Crippen molar-refractivity contribution in [2.45, 2.75) is 13.0 Å². The van der Waals surface area contributed by atoms with Crippen LogP contribution in [0.5, 0.6) is 11.5 Å². The molecule has 0 aliphatic carbocycles. The molecule has 0 aliphatic heterocycles. The van der Waals surface area contributed by atoms with E-state index in [4.69, 9.17) is 14.0 Å². The van der Waals surface area contributed by atoms with Gasteiger partial charge in [-0.05, 0) is 24.3 Å². The standard InChI is InChI=1S/C19H19N3O4/c1-24-16-10-6-5-9-15(16)19-21-18(26-22-19)13-20-17(23)11-12-25-14-7-3-2-4-8-14/h2-10H,11-13H2,1H3,(H,20,23). The van der Waals surface area contributed by atoms with E-state index < -0.39 is 0 Å². The Balaban J connectivity index is 1.48. The Hall–Kier alpha value is -3.35. The van der Waals surface area contributed by atoms with Crippen LogP contribution in [0.15, 0.2) is 59.1 Å². The first-order valence-corrected chi connectivity index (χ1v) is 8.17. The van der Waals surface area contributed by atoms with E-state index in [9.17, 15) is 4.79 Å².